The smallest absolute Gasteiger partial charge is 0.160 e. The van der Waals surface area contributed by atoms with E-state index in [9.17, 15) is 5.11 Å². The number of nitrogens with one attached hydrogen (secondary N) is 1. The number of fused-ring (bicyclic) bond motifs is 4. The number of thiophene rings is 1. The molecule has 2 N–H and O–H groups in total. The van der Waals surface area contributed by atoms with Crippen molar-refractivity contribution in [1.29, 1.82) is 0 Å². The molecule has 1 aliphatic rings. The van der Waals surface area contributed by atoms with Gasteiger partial charge in [0, 0.05) is 17.0 Å². The minimum Gasteiger partial charge on any atom is -0.493 e. The van der Waals surface area contributed by atoms with Crippen molar-refractivity contribution < 1.29 is 9.84 Å². The second-order valence-corrected chi connectivity index (χ2v) is 8.95. The lowest BCUT2D eigenvalue weighted by Crippen LogP contribution is -2.37. The molecule has 4 aromatic rings. The van der Waals surface area contributed by atoms with E-state index >= 15 is 0 Å². The number of hydrogen-bond acceptors (Lipinski definition) is 8. The van der Waals surface area contributed by atoms with E-state index < -0.39 is 6.23 Å². The first-order valence-corrected chi connectivity index (χ1v) is 10.7. The number of aromatic nitrogens is 4. The first kappa shape index (κ1) is 19.2. The number of anilines is 2. The summed E-state index contributed by atoms with van der Waals surface area (Å²) in [4.78, 5) is 13.2. The monoisotopic (exact) mass is 424 g/mol. The third-order valence-electron chi connectivity index (χ3n) is 5.81. The summed E-state index contributed by atoms with van der Waals surface area (Å²) in [6.45, 7) is 0. The molecule has 9 heteroatoms. The second-order valence-electron chi connectivity index (χ2n) is 7.87. The average molecular weight is 425 g/mol. The second kappa shape index (κ2) is 7.50. The van der Waals surface area contributed by atoms with E-state index in [1.54, 1.807) is 35.5 Å². The molecule has 0 aliphatic heterocycles. The molecule has 0 bridgehead atoms. The van der Waals surface area contributed by atoms with Crippen LogP contribution in [0.1, 0.15) is 16.9 Å². The van der Waals surface area contributed by atoms with Gasteiger partial charge in [0.25, 0.3) is 0 Å². The molecule has 1 unspecified atom stereocenters. The minimum atomic E-state index is -0.432. The molecule has 1 aliphatic carbocycles. The van der Waals surface area contributed by atoms with Crippen molar-refractivity contribution >= 4 is 38.6 Å². The van der Waals surface area contributed by atoms with Gasteiger partial charge >= 0.3 is 0 Å². The van der Waals surface area contributed by atoms with Crippen molar-refractivity contribution in [3.8, 4) is 5.75 Å². The van der Waals surface area contributed by atoms with E-state index in [0.29, 0.717) is 5.75 Å². The van der Waals surface area contributed by atoms with Gasteiger partial charge in [-0.25, -0.2) is 14.5 Å². The number of aliphatic hydroxyl groups excluding tert-OH is 1. The van der Waals surface area contributed by atoms with Crippen molar-refractivity contribution in [3.63, 3.8) is 0 Å². The van der Waals surface area contributed by atoms with Crippen LogP contribution >= 0.6 is 11.3 Å². The Morgan fingerprint density at radius 2 is 2.23 bits per heavy atom. The lowest BCUT2D eigenvalue weighted by Gasteiger charge is -2.30. The molecule has 4 heterocycles. The number of hydrogen-bond donors (Lipinski definition) is 2. The van der Waals surface area contributed by atoms with Gasteiger partial charge < -0.3 is 15.2 Å². The summed E-state index contributed by atoms with van der Waals surface area (Å²) < 4.78 is 7.35. The van der Waals surface area contributed by atoms with Gasteiger partial charge in [-0.2, -0.15) is 5.10 Å². The van der Waals surface area contributed by atoms with Gasteiger partial charge in [-0.15, -0.1) is 11.3 Å². The summed E-state index contributed by atoms with van der Waals surface area (Å²) >= 11 is 1.71. The van der Waals surface area contributed by atoms with E-state index in [2.05, 4.69) is 20.4 Å². The maximum atomic E-state index is 10.5. The molecule has 5 rings (SSSR count). The van der Waals surface area contributed by atoms with Gasteiger partial charge in [-0.3, -0.25) is 4.90 Å². The molecule has 156 valence electrons. The summed E-state index contributed by atoms with van der Waals surface area (Å²) in [5.74, 6) is 1.71. The first-order valence-electron chi connectivity index (χ1n) is 9.93. The predicted molar refractivity (Wildman–Crippen MR) is 118 cm³/mol. The average Bonchev–Trinajstić information content (AvgIpc) is 3.35. The fraction of sp³-hybridized carbons (Fsp3) is 0.381. The SMILES string of the molecule is COc1cn2nccc2cc1Nc1ncnc2sc3c(c12)CC[C@H](C(O)N(C)C)C3. The molecule has 0 spiro atoms. The molecule has 0 saturated heterocycles. The zero-order valence-electron chi connectivity index (χ0n) is 17.2. The Morgan fingerprint density at radius 1 is 1.37 bits per heavy atom. The Kier molecular flexibility index (Phi) is 4.80. The fourth-order valence-electron chi connectivity index (χ4n) is 4.24. The molecule has 0 saturated carbocycles. The van der Waals surface area contributed by atoms with E-state index in [4.69, 9.17) is 4.74 Å². The molecule has 4 aromatic heterocycles. The minimum absolute atomic E-state index is 0.231. The van der Waals surface area contributed by atoms with E-state index in [-0.39, 0.29) is 5.92 Å². The van der Waals surface area contributed by atoms with Gasteiger partial charge in [0.2, 0.25) is 0 Å². The van der Waals surface area contributed by atoms with Gasteiger partial charge in [-0.05, 0) is 51.1 Å². The van der Waals surface area contributed by atoms with E-state index in [1.165, 1.54) is 10.4 Å². The van der Waals surface area contributed by atoms with Crippen molar-refractivity contribution in [2.45, 2.75) is 25.5 Å². The van der Waals surface area contributed by atoms with Crippen LogP contribution in [0, 0.1) is 5.92 Å². The lowest BCUT2D eigenvalue weighted by molar-refractivity contribution is -0.0142. The molecule has 2 atom stereocenters. The lowest BCUT2D eigenvalue weighted by atomic mass is 9.86. The molecular formula is C21H24N6O2S. The number of ether oxygens (including phenoxy) is 1. The number of aliphatic hydroxyl groups is 1. The van der Waals surface area contributed by atoms with Crippen LogP contribution in [0.5, 0.6) is 5.75 Å². The first-order chi connectivity index (χ1) is 14.5. The molecule has 0 fully saturated rings. The highest BCUT2D eigenvalue weighted by atomic mass is 32.1. The van der Waals surface area contributed by atoms with E-state index in [1.807, 2.05) is 37.3 Å². The Hall–Kier alpha value is -2.75. The number of methoxy groups -OCH3 is 1. The summed E-state index contributed by atoms with van der Waals surface area (Å²) in [7, 11) is 5.49. The number of rotatable bonds is 5. The Morgan fingerprint density at radius 3 is 3.03 bits per heavy atom. The number of aryl methyl sites for hydroxylation is 1. The highest BCUT2D eigenvalue weighted by Crippen LogP contribution is 2.42. The van der Waals surface area contributed by atoms with Crippen LogP contribution in [-0.4, -0.2) is 57.0 Å². The van der Waals surface area contributed by atoms with Crippen molar-refractivity contribution in [3.05, 3.63) is 41.3 Å². The molecule has 0 amide bonds. The Bertz CT molecular complexity index is 1220. The Labute approximate surface area is 178 Å². The molecular weight excluding hydrogens is 400 g/mol. The summed E-state index contributed by atoms with van der Waals surface area (Å²) in [6.07, 6.45) is 7.49. The van der Waals surface area contributed by atoms with Crippen LogP contribution in [0.3, 0.4) is 0 Å². The van der Waals surface area contributed by atoms with Gasteiger partial charge in [0.15, 0.2) is 5.75 Å². The number of pyridine rings is 1. The summed E-state index contributed by atoms with van der Waals surface area (Å²) in [5.41, 5.74) is 3.10. The maximum absolute atomic E-state index is 10.5. The Balaban J connectivity index is 1.54. The maximum Gasteiger partial charge on any atom is 0.160 e. The molecule has 0 aromatic carbocycles. The van der Waals surface area contributed by atoms with Gasteiger partial charge in [0.1, 0.15) is 23.2 Å². The largest absolute Gasteiger partial charge is 0.493 e. The van der Waals surface area contributed by atoms with Gasteiger partial charge in [-0.1, -0.05) is 0 Å². The van der Waals surface area contributed by atoms with Crippen molar-refractivity contribution in [2.75, 3.05) is 26.5 Å². The zero-order valence-corrected chi connectivity index (χ0v) is 18.0. The third kappa shape index (κ3) is 3.19. The van der Waals surface area contributed by atoms with E-state index in [0.717, 1.165) is 46.5 Å². The topological polar surface area (TPSA) is 87.8 Å². The standard InChI is InChI=1S/C21H24N6O2S/c1-26(2)21(28)12-4-5-14-17(8-12)30-20-18(14)19(22-11-23-20)25-15-9-13-6-7-24-27(13)10-16(15)29-3/h6-7,9-12,21,28H,4-5,8H2,1-3H3,(H,22,23,25)/t12-,21?/m0/s1. The van der Waals surface area contributed by atoms with Crippen LogP contribution in [0.15, 0.2) is 30.9 Å². The summed E-state index contributed by atoms with van der Waals surface area (Å²) in [6, 6.07) is 3.95. The van der Waals surface area contributed by atoms with Crippen molar-refractivity contribution in [2.24, 2.45) is 5.92 Å². The van der Waals surface area contributed by atoms with Crippen LogP contribution in [0.25, 0.3) is 15.7 Å². The normalized spacial score (nSPS) is 17.4. The summed E-state index contributed by atoms with van der Waals surface area (Å²) in [5, 5.41) is 19.3. The fourth-order valence-corrected chi connectivity index (χ4v) is 5.52. The molecule has 30 heavy (non-hydrogen) atoms. The zero-order chi connectivity index (χ0) is 20.8. The third-order valence-corrected chi connectivity index (χ3v) is 6.97. The van der Waals surface area contributed by atoms with Crippen LogP contribution < -0.4 is 10.1 Å². The van der Waals surface area contributed by atoms with Gasteiger partial charge in [0.05, 0.1) is 29.9 Å². The van der Waals surface area contributed by atoms with Crippen molar-refractivity contribution in [1.82, 2.24) is 24.5 Å². The highest BCUT2D eigenvalue weighted by molar-refractivity contribution is 7.19. The van der Waals surface area contributed by atoms with Crippen LogP contribution in [-0.2, 0) is 12.8 Å². The predicted octanol–water partition coefficient (Wildman–Crippen LogP) is 3.08. The van der Waals surface area contributed by atoms with Crippen LogP contribution in [0.4, 0.5) is 11.5 Å². The van der Waals surface area contributed by atoms with Crippen LogP contribution in [0.2, 0.25) is 0 Å². The highest BCUT2D eigenvalue weighted by Gasteiger charge is 2.30. The number of nitrogens with zero attached hydrogens (tertiary/aromatic N) is 5. The molecule has 8 nitrogen and oxygen atoms in total. The quantitative estimate of drug-likeness (QED) is 0.476. The molecule has 0 radical (unpaired) electrons.